The molecule has 10 nitrogen and oxygen atoms in total. The molecule has 3 amide bonds. The maximum atomic E-state index is 12.5. The van der Waals surface area contributed by atoms with Crippen molar-refractivity contribution in [3.8, 4) is 0 Å². The van der Waals surface area contributed by atoms with Gasteiger partial charge in [0.1, 0.15) is 18.6 Å². The third-order valence-corrected chi connectivity index (χ3v) is 4.04. The number of nitrogens with zero attached hydrogens (tertiary/aromatic N) is 1. The highest BCUT2D eigenvalue weighted by Gasteiger charge is 2.35. The number of carbonyl (C=O) groups is 4. The van der Waals surface area contributed by atoms with E-state index < -0.39 is 36.4 Å². The summed E-state index contributed by atoms with van der Waals surface area (Å²) < 4.78 is 0. The molecule has 10 heteroatoms. The van der Waals surface area contributed by atoms with Crippen LogP contribution in [0.4, 0.5) is 0 Å². The van der Waals surface area contributed by atoms with E-state index in [1.54, 1.807) is 0 Å². The van der Waals surface area contributed by atoms with Crippen molar-refractivity contribution < 1.29 is 24.3 Å². The van der Waals surface area contributed by atoms with Crippen LogP contribution >= 0.6 is 0 Å². The lowest BCUT2D eigenvalue weighted by molar-refractivity contribution is -0.140. The standard InChI is InChI=1S/C15H27N5O5/c16-6-2-1-4-10(14(24)18-9-13(22)23)19-15(25)11-5-3-7-20(11)12(21)8-17/h10-11H,1-9,16-17H2,(H,18,24)(H,19,25)(H,22,23). The highest BCUT2D eigenvalue weighted by molar-refractivity contribution is 5.93. The van der Waals surface area contributed by atoms with Gasteiger partial charge in [-0.25, -0.2) is 0 Å². The van der Waals surface area contributed by atoms with E-state index in [1.807, 2.05) is 0 Å². The van der Waals surface area contributed by atoms with Crippen LogP contribution in [0.2, 0.25) is 0 Å². The van der Waals surface area contributed by atoms with Crippen LogP contribution in [0.1, 0.15) is 32.1 Å². The fraction of sp³-hybridized carbons (Fsp3) is 0.733. The van der Waals surface area contributed by atoms with E-state index in [0.29, 0.717) is 45.2 Å². The molecule has 7 N–H and O–H groups in total. The summed E-state index contributed by atoms with van der Waals surface area (Å²) in [5.74, 6) is -2.48. The van der Waals surface area contributed by atoms with Gasteiger partial charge in [0, 0.05) is 6.54 Å². The van der Waals surface area contributed by atoms with E-state index in [1.165, 1.54) is 4.90 Å². The number of hydrogen-bond acceptors (Lipinski definition) is 6. The van der Waals surface area contributed by atoms with Crippen LogP contribution < -0.4 is 22.1 Å². The highest BCUT2D eigenvalue weighted by atomic mass is 16.4. The molecule has 2 unspecified atom stereocenters. The first-order valence-corrected chi connectivity index (χ1v) is 8.40. The van der Waals surface area contributed by atoms with Gasteiger partial charge in [-0.2, -0.15) is 0 Å². The molecule has 0 saturated carbocycles. The molecule has 1 saturated heterocycles. The minimum atomic E-state index is -1.17. The predicted octanol–water partition coefficient (Wildman–Crippen LogP) is -2.25. The molecule has 0 radical (unpaired) electrons. The molecular formula is C15H27N5O5. The first-order chi connectivity index (χ1) is 11.9. The van der Waals surface area contributed by atoms with Gasteiger partial charge in [0.2, 0.25) is 17.7 Å². The number of carboxylic acid groups (broad SMARTS) is 1. The van der Waals surface area contributed by atoms with Crippen LogP contribution in [0.3, 0.4) is 0 Å². The third-order valence-electron chi connectivity index (χ3n) is 4.04. The van der Waals surface area contributed by atoms with Gasteiger partial charge >= 0.3 is 5.97 Å². The van der Waals surface area contributed by atoms with Gasteiger partial charge < -0.3 is 32.1 Å². The molecular weight excluding hydrogens is 330 g/mol. The Morgan fingerprint density at radius 3 is 2.52 bits per heavy atom. The van der Waals surface area contributed by atoms with Crippen LogP contribution in [0.15, 0.2) is 0 Å². The first kappa shape index (κ1) is 20.8. The van der Waals surface area contributed by atoms with E-state index in [4.69, 9.17) is 16.6 Å². The van der Waals surface area contributed by atoms with E-state index in [0.717, 1.165) is 0 Å². The topological polar surface area (TPSA) is 168 Å². The number of carbonyl (C=O) groups excluding carboxylic acids is 3. The smallest absolute Gasteiger partial charge is 0.322 e. The molecule has 1 rings (SSSR count). The van der Waals surface area contributed by atoms with Gasteiger partial charge in [-0.15, -0.1) is 0 Å². The molecule has 25 heavy (non-hydrogen) atoms. The van der Waals surface area contributed by atoms with Crippen molar-refractivity contribution in [3.63, 3.8) is 0 Å². The van der Waals surface area contributed by atoms with Crippen molar-refractivity contribution in [2.45, 2.75) is 44.2 Å². The molecule has 0 spiro atoms. The molecule has 0 bridgehead atoms. The van der Waals surface area contributed by atoms with E-state index in [2.05, 4.69) is 10.6 Å². The maximum Gasteiger partial charge on any atom is 0.322 e. The first-order valence-electron chi connectivity index (χ1n) is 8.40. The Balaban J connectivity index is 2.70. The third kappa shape index (κ3) is 6.67. The maximum absolute atomic E-state index is 12.5. The number of aliphatic carboxylic acids is 1. The van der Waals surface area contributed by atoms with Crippen molar-refractivity contribution in [1.82, 2.24) is 15.5 Å². The number of hydrogen-bond donors (Lipinski definition) is 5. The highest BCUT2D eigenvalue weighted by Crippen LogP contribution is 2.17. The summed E-state index contributed by atoms with van der Waals surface area (Å²) >= 11 is 0. The lowest BCUT2D eigenvalue weighted by Gasteiger charge is -2.26. The Morgan fingerprint density at radius 1 is 1.20 bits per heavy atom. The van der Waals surface area contributed by atoms with Gasteiger partial charge in [-0.1, -0.05) is 0 Å². The molecule has 0 aromatic heterocycles. The summed E-state index contributed by atoms with van der Waals surface area (Å²) in [6.07, 6.45) is 2.82. The SMILES string of the molecule is NCCCCC(NC(=O)C1CCCN1C(=O)CN)C(=O)NCC(=O)O. The summed E-state index contributed by atoms with van der Waals surface area (Å²) in [5.41, 5.74) is 10.8. The predicted molar refractivity (Wildman–Crippen MR) is 89.3 cm³/mol. The number of nitrogens with one attached hydrogen (secondary N) is 2. The number of nitrogens with two attached hydrogens (primary N) is 2. The Bertz CT molecular complexity index is 499. The Morgan fingerprint density at radius 2 is 1.92 bits per heavy atom. The minimum absolute atomic E-state index is 0.178. The van der Waals surface area contributed by atoms with Crippen LogP contribution in [0.25, 0.3) is 0 Å². The zero-order valence-corrected chi connectivity index (χ0v) is 14.2. The van der Waals surface area contributed by atoms with Gasteiger partial charge in [0.05, 0.1) is 6.54 Å². The fourth-order valence-corrected chi connectivity index (χ4v) is 2.77. The normalized spacial score (nSPS) is 17.8. The molecule has 1 fully saturated rings. The average molecular weight is 357 g/mol. The second-order valence-corrected chi connectivity index (χ2v) is 5.91. The number of carboxylic acids is 1. The van der Waals surface area contributed by atoms with Crippen molar-refractivity contribution >= 4 is 23.7 Å². The zero-order valence-electron chi connectivity index (χ0n) is 14.2. The van der Waals surface area contributed by atoms with Crippen LogP contribution in [0.5, 0.6) is 0 Å². The second-order valence-electron chi connectivity index (χ2n) is 5.91. The quantitative estimate of drug-likeness (QED) is 0.275. The summed E-state index contributed by atoms with van der Waals surface area (Å²) in [6.45, 7) is 0.210. The van der Waals surface area contributed by atoms with Gasteiger partial charge in [-0.05, 0) is 38.6 Å². The number of rotatable bonds is 10. The van der Waals surface area contributed by atoms with E-state index in [9.17, 15) is 19.2 Å². The number of amides is 3. The van der Waals surface area contributed by atoms with Crippen LogP contribution in [-0.4, -0.2) is 72.0 Å². The molecule has 1 heterocycles. The van der Waals surface area contributed by atoms with Crippen molar-refractivity contribution in [2.24, 2.45) is 11.5 Å². The second kappa shape index (κ2) is 10.6. The summed E-state index contributed by atoms with van der Waals surface area (Å²) in [6, 6.07) is -1.52. The molecule has 1 aliphatic heterocycles. The van der Waals surface area contributed by atoms with Crippen LogP contribution in [-0.2, 0) is 19.2 Å². The molecule has 0 aromatic rings. The fourth-order valence-electron chi connectivity index (χ4n) is 2.77. The Kier molecular flexibility index (Phi) is 8.86. The molecule has 0 aliphatic carbocycles. The van der Waals surface area contributed by atoms with Gasteiger partial charge in [-0.3, -0.25) is 19.2 Å². The van der Waals surface area contributed by atoms with E-state index >= 15 is 0 Å². The molecule has 2 atom stereocenters. The number of likely N-dealkylation sites (tertiary alicyclic amines) is 1. The van der Waals surface area contributed by atoms with Crippen molar-refractivity contribution in [3.05, 3.63) is 0 Å². The Labute approximate surface area is 146 Å². The lowest BCUT2D eigenvalue weighted by Crippen LogP contribution is -2.54. The van der Waals surface area contributed by atoms with Crippen LogP contribution in [0, 0.1) is 0 Å². The summed E-state index contributed by atoms with van der Waals surface area (Å²) in [7, 11) is 0. The summed E-state index contributed by atoms with van der Waals surface area (Å²) in [5, 5.41) is 13.6. The Hall–Kier alpha value is -2.20. The van der Waals surface area contributed by atoms with Crippen molar-refractivity contribution in [2.75, 3.05) is 26.2 Å². The lowest BCUT2D eigenvalue weighted by atomic mass is 10.1. The zero-order chi connectivity index (χ0) is 18.8. The minimum Gasteiger partial charge on any atom is -0.480 e. The van der Waals surface area contributed by atoms with E-state index in [-0.39, 0.29) is 12.5 Å². The van der Waals surface area contributed by atoms with Crippen molar-refractivity contribution in [1.29, 1.82) is 0 Å². The molecule has 0 aromatic carbocycles. The largest absolute Gasteiger partial charge is 0.480 e. The molecule has 1 aliphatic rings. The van der Waals surface area contributed by atoms with Gasteiger partial charge in [0.15, 0.2) is 0 Å². The average Bonchev–Trinajstić information content (AvgIpc) is 3.07. The number of unbranched alkanes of at least 4 members (excludes halogenated alkanes) is 1. The monoisotopic (exact) mass is 357 g/mol. The molecule has 142 valence electrons. The summed E-state index contributed by atoms with van der Waals surface area (Å²) in [4.78, 5) is 48.4. The van der Waals surface area contributed by atoms with Gasteiger partial charge in [0.25, 0.3) is 0 Å².